The van der Waals surface area contributed by atoms with Crippen LogP contribution in [0.1, 0.15) is 46.0 Å². The highest BCUT2D eigenvalue weighted by atomic mass is 16.5. The molecule has 1 aliphatic carbocycles. The van der Waals surface area contributed by atoms with E-state index in [1.165, 1.54) is 32.1 Å². The summed E-state index contributed by atoms with van der Waals surface area (Å²) in [5.74, 6) is 0.482. The van der Waals surface area contributed by atoms with Crippen LogP contribution < -0.4 is 0 Å². The second kappa shape index (κ2) is 5.61. The van der Waals surface area contributed by atoms with E-state index in [0.29, 0.717) is 12.5 Å². The van der Waals surface area contributed by atoms with Gasteiger partial charge in [-0.2, -0.15) is 0 Å². The summed E-state index contributed by atoms with van der Waals surface area (Å²) in [5.41, 5.74) is 0. The molecule has 2 nitrogen and oxygen atoms in total. The van der Waals surface area contributed by atoms with Crippen LogP contribution in [0.2, 0.25) is 0 Å². The molecular formula is C11H22O2. The molecule has 2 heteroatoms. The average molecular weight is 186 g/mol. The average Bonchev–Trinajstić information content (AvgIpc) is 2.18. The first kappa shape index (κ1) is 11.0. The topological polar surface area (TPSA) is 29.5 Å². The van der Waals surface area contributed by atoms with E-state index >= 15 is 0 Å². The minimum atomic E-state index is -0.250. The van der Waals surface area contributed by atoms with Crippen molar-refractivity contribution in [3.8, 4) is 0 Å². The zero-order valence-electron chi connectivity index (χ0n) is 8.83. The Kier molecular flexibility index (Phi) is 4.74. The summed E-state index contributed by atoms with van der Waals surface area (Å²) < 4.78 is 5.41. The van der Waals surface area contributed by atoms with E-state index in [9.17, 15) is 5.11 Å². The zero-order valence-corrected chi connectivity index (χ0v) is 8.83. The Morgan fingerprint density at radius 2 is 1.92 bits per heavy atom. The minimum Gasteiger partial charge on any atom is -0.390 e. The van der Waals surface area contributed by atoms with Crippen molar-refractivity contribution < 1.29 is 9.84 Å². The number of ether oxygens (including phenoxy) is 1. The lowest BCUT2D eigenvalue weighted by atomic mass is 9.83. The van der Waals surface area contributed by atoms with Gasteiger partial charge in [0, 0.05) is 6.61 Å². The Morgan fingerprint density at radius 1 is 1.31 bits per heavy atom. The fraction of sp³-hybridized carbons (Fsp3) is 1.00. The fourth-order valence-corrected chi connectivity index (χ4v) is 2.22. The molecule has 13 heavy (non-hydrogen) atoms. The fourth-order valence-electron chi connectivity index (χ4n) is 2.22. The van der Waals surface area contributed by atoms with Gasteiger partial charge in [-0.15, -0.1) is 0 Å². The second-order valence-corrected chi connectivity index (χ2v) is 4.05. The predicted molar refractivity (Wildman–Crippen MR) is 53.7 cm³/mol. The van der Waals surface area contributed by atoms with Gasteiger partial charge in [0.25, 0.3) is 0 Å². The van der Waals surface area contributed by atoms with Crippen LogP contribution in [0.5, 0.6) is 0 Å². The number of hydrogen-bond acceptors (Lipinski definition) is 2. The third-order valence-corrected chi connectivity index (χ3v) is 3.04. The van der Waals surface area contributed by atoms with Crippen molar-refractivity contribution in [1.29, 1.82) is 0 Å². The van der Waals surface area contributed by atoms with Crippen LogP contribution in [0, 0.1) is 5.92 Å². The Labute approximate surface area is 81.3 Å². The van der Waals surface area contributed by atoms with Gasteiger partial charge in [-0.3, -0.25) is 0 Å². The molecule has 0 spiro atoms. The summed E-state index contributed by atoms with van der Waals surface area (Å²) in [6.45, 7) is 4.65. The van der Waals surface area contributed by atoms with Crippen LogP contribution in [0.4, 0.5) is 0 Å². The number of hydrogen-bond donors (Lipinski definition) is 1. The van der Waals surface area contributed by atoms with E-state index < -0.39 is 0 Å². The number of rotatable bonds is 4. The number of aliphatic hydroxyl groups is 1. The van der Waals surface area contributed by atoms with E-state index in [1.54, 1.807) is 0 Å². The quantitative estimate of drug-likeness (QED) is 0.730. The maximum absolute atomic E-state index is 9.95. The minimum absolute atomic E-state index is 0.00750. The highest BCUT2D eigenvalue weighted by Gasteiger charge is 2.26. The zero-order chi connectivity index (χ0) is 9.68. The van der Waals surface area contributed by atoms with E-state index in [1.807, 2.05) is 13.8 Å². The van der Waals surface area contributed by atoms with Crippen LogP contribution in [-0.2, 0) is 4.74 Å². The molecule has 0 heterocycles. The lowest BCUT2D eigenvalue weighted by Gasteiger charge is -2.30. The Morgan fingerprint density at radius 3 is 2.46 bits per heavy atom. The molecule has 2 atom stereocenters. The van der Waals surface area contributed by atoms with E-state index in [-0.39, 0.29) is 12.2 Å². The number of aliphatic hydroxyl groups excluding tert-OH is 1. The molecule has 1 rings (SSSR count). The Hall–Kier alpha value is -0.0800. The van der Waals surface area contributed by atoms with Crippen molar-refractivity contribution in [2.24, 2.45) is 5.92 Å². The van der Waals surface area contributed by atoms with Gasteiger partial charge in [0.2, 0.25) is 0 Å². The predicted octanol–water partition coefficient (Wildman–Crippen LogP) is 2.35. The molecule has 1 aliphatic rings. The molecule has 0 aromatic rings. The van der Waals surface area contributed by atoms with Gasteiger partial charge in [-0.05, 0) is 32.6 Å². The van der Waals surface area contributed by atoms with E-state index in [0.717, 1.165) is 0 Å². The van der Waals surface area contributed by atoms with E-state index in [2.05, 4.69) is 0 Å². The normalized spacial score (nSPS) is 24.2. The third-order valence-electron chi connectivity index (χ3n) is 3.04. The maximum Gasteiger partial charge on any atom is 0.0827 e. The summed E-state index contributed by atoms with van der Waals surface area (Å²) in [4.78, 5) is 0. The molecule has 0 radical (unpaired) electrons. The standard InChI is InChI=1S/C11H22O2/c1-3-13-9(2)11(12)10-7-5-4-6-8-10/h9-12H,3-8H2,1-2H3. The monoisotopic (exact) mass is 186 g/mol. The molecule has 0 aromatic heterocycles. The first-order valence-electron chi connectivity index (χ1n) is 5.55. The van der Waals surface area contributed by atoms with Crippen LogP contribution in [0.15, 0.2) is 0 Å². The second-order valence-electron chi connectivity index (χ2n) is 4.05. The van der Waals surface area contributed by atoms with Crippen LogP contribution in [-0.4, -0.2) is 23.9 Å². The van der Waals surface area contributed by atoms with Crippen molar-refractivity contribution in [1.82, 2.24) is 0 Å². The molecule has 0 saturated heterocycles. The molecule has 0 bridgehead atoms. The molecule has 0 aliphatic heterocycles. The molecular weight excluding hydrogens is 164 g/mol. The first-order chi connectivity index (χ1) is 6.25. The lowest BCUT2D eigenvalue weighted by Crippen LogP contribution is -2.34. The summed E-state index contributed by atoms with van der Waals surface area (Å²) in [7, 11) is 0. The highest BCUT2D eigenvalue weighted by molar-refractivity contribution is 4.77. The lowest BCUT2D eigenvalue weighted by molar-refractivity contribution is -0.0553. The molecule has 1 N–H and O–H groups in total. The molecule has 0 aromatic carbocycles. The highest BCUT2D eigenvalue weighted by Crippen LogP contribution is 2.28. The van der Waals surface area contributed by atoms with Gasteiger partial charge in [-0.25, -0.2) is 0 Å². The van der Waals surface area contributed by atoms with Gasteiger partial charge >= 0.3 is 0 Å². The van der Waals surface area contributed by atoms with Crippen molar-refractivity contribution in [2.45, 2.75) is 58.2 Å². The van der Waals surface area contributed by atoms with Gasteiger partial charge in [-0.1, -0.05) is 19.3 Å². The molecule has 0 amide bonds. The van der Waals surface area contributed by atoms with Gasteiger partial charge in [0.05, 0.1) is 12.2 Å². The molecule has 78 valence electrons. The summed E-state index contributed by atoms with van der Waals surface area (Å²) in [5, 5.41) is 9.95. The summed E-state index contributed by atoms with van der Waals surface area (Å²) in [6, 6.07) is 0. The van der Waals surface area contributed by atoms with Crippen molar-refractivity contribution in [3.05, 3.63) is 0 Å². The van der Waals surface area contributed by atoms with Gasteiger partial charge in [0.15, 0.2) is 0 Å². The molecule has 1 fully saturated rings. The van der Waals surface area contributed by atoms with Crippen molar-refractivity contribution in [2.75, 3.05) is 6.61 Å². The molecule has 2 unspecified atom stereocenters. The Balaban J connectivity index is 2.31. The third kappa shape index (κ3) is 3.28. The first-order valence-corrected chi connectivity index (χ1v) is 5.55. The maximum atomic E-state index is 9.95. The summed E-state index contributed by atoms with van der Waals surface area (Å²) in [6.07, 6.45) is 6.01. The van der Waals surface area contributed by atoms with Gasteiger partial charge in [0.1, 0.15) is 0 Å². The van der Waals surface area contributed by atoms with Crippen LogP contribution >= 0.6 is 0 Å². The van der Waals surface area contributed by atoms with Gasteiger partial charge < -0.3 is 9.84 Å². The van der Waals surface area contributed by atoms with E-state index in [4.69, 9.17) is 4.74 Å². The van der Waals surface area contributed by atoms with Crippen LogP contribution in [0.25, 0.3) is 0 Å². The molecule has 1 saturated carbocycles. The SMILES string of the molecule is CCOC(C)C(O)C1CCCCC1. The largest absolute Gasteiger partial charge is 0.390 e. The Bertz CT molecular complexity index is 130. The summed E-state index contributed by atoms with van der Waals surface area (Å²) >= 11 is 0. The van der Waals surface area contributed by atoms with Crippen molar-refractivity contribution in [3.63, 3.8) is 0 Å². The smallest absolute Gasteiger partial charge is 0.0827 e. The van der Waals surface area contributed by atoms with Crippen molar-refractivity contribution >= 4 is 0 Å². The van der Waals surface area contributed by atoms with Crippen LogP contribution in [0.3, 0.4) is 0 Å².